The fourth-order valence-electron chi connectivity index (χ4n) is 2.70. The van der Waals surface area contributed by atoms with Crippen LogP contribution in [0.15, 0.2) is 24.3 Å². The highest BCUT2D eigenvalue weighted by molar-refractivity contribution is 7.14. The Morgan fingerprint density at radius 3 is 2.85 bits per heavy atom. The Hall–Kier alpha value is -1.81. The van der Waals surface area contributed by atoms with Gasteiger partial charge in [0.05, 0.1) is 10.9 Å². The Morgan fingerprint density at radius 1 is 1.35 bits per heavy atom. The Bertz CT molecular complexity index is 656. The molecule has 1 aliphatic rings. The van der Waals surface area contributed by atoms with Crippen LogP contribution in [0.4, 0.5) is 5.69 Å². The van der Waals surface area contributed by atoms with E-state index in [0.717, 1.165) is 23.4 Å². The van der Waals surface area contributed by atoms with Crippen molar-refractivity contribution in [3.63, 3.8) is 0 Å². The number of thiophene rings is 1. The van der Waals surface area contributed by atoms with Gasteiger partial charge in [-0.2, -0.15) is 0 Å². The first-order chi connectivity index (χ1) is 9.54. The van der Waals surface area contributed by atoms with Gasteiger partial charge in [-0.05, 0) is 61.6 Å². The van der Waals surface area contributed by atoms with Crippen LogP contribution < -0.4 is 11.1 Å². The number of rotatable bonds is 2. The summed E-state index contributed by atoms with van der Waals surface area (Å²) in [7, 11) is 0. The van der Waals surface area contributed by atoms with Gasteiger partial charge in [-0.3, -0.25) is 4.79 Å². The molecule has 1 atom stereocenters. The number of amides is 1. The monoisotopic (exact) mass is 286 g/mol. The fraction of sp³-hybridized carbons (Fsp3) is 0.312. The maximum Gasteiger partial charge on any atom is 0.261 e. The number of aryl methyl sites for hydroxylation is 3. The molecule has 0 spiro atoms. The number of hydrogen-bond acceptors (Lipinski definition) is 3. The van der Waals surface area contributed by atoms with Crippen LogP contribution in [0.3, 0.4) is 0 Å². The molecule has 0 saturated heterocycles. The summed E-state index contributed by atoms with van der Waals surface area (Å²) in [4.78, 5) is 14.3. The van der Waals surface area contributed by atoms with E-state index in [0.29, 0.717) is 0 Å². The lowest BCUT2D eigenvalue weighted by Gasteiger charge is -2.13. The third-order valence-electron chi connectivity index (χ3n) is 3.94. The molecule has 3 N–H and O–H groups in total. The van der Waals surface area contributed by atoms with Crippen LogP contribution >= 0.6 is 11.3 Å². The highest BCUT2D eigenvalue weighted by Crippen LogP contribution is 2.33. The number of anilines is 1. The van der Waals surface area contributed by atoms with Crippen LogP contribution in [0.25, 0.3) is 0 Å². The van der Waals surface area contributed by atoms with E-state index in [4.69, 9.17) is 5.73 Å². The highest BCUT2D eigenvalue weighted by Gasteiger charge is 2.24. The summed E-state index contributed by atoms with van der Waals surface area (Å²) in [5, 5.41) is 3.14. The maximum atomic E-state index is 12.3. The van der Waals surface area contributed by atoms with Crippen LogP contribution in [0.1, 0.15) is 43.7 Å². The van der Waals surface area contributed by atoms with Gasteiger partial charge in [0.2, 0.25) is 0 Å². The molecule has 3 rings (SSSR count). The van der Waals surface area contributed by atoms with Gasteiger partial charge in [0.15, 0.2) is 0 Å². The third kappa shape index (κ3) is 2.31. The van der Waals surface area contributed by atoms with E-state index in [1.807, 2.05) is 38.1 Å². The second-order valence-electron chi connectivity index (χ2n) is 5.37. The minimum Gasteiger partial charge on any atom is -0.399 e. The van der Waals surface area contributed by atoms with E-state index in [9.17, 15) is 4.79 Å². The molecule has 0 radical (unpaired) electrons. The van der Waals surface area contributed by atoms with E-state index in [1.54, 1.807) is 11.3 Å². The zero-order chi connectivity index (χ0) is 14.3. The average Bonchev–Trinajstić information content (AvgIpc) is 2.94. The van der Waals surface area contributed by atoms with Crippen molar-refractivity contribution in [2.24, 2.45) is 0 Å². The lowest BCUT2D eigenvalue weighted by molar-refractivity contribution is 0.0941. The standard InChI is InChI=1S/C16H18N2OS/c1-9-7-15(20-10(9)2)16(19)18-14-6-3-11-8-12(17)4-5-13(11)14/h4-5,7-8,14H,3,6,17H2,1-2H3,(H,18,19). The van der Waals surface area contributed by atoms with Crippen molar-refractivity contribution in [3.05, 3.63) is 50.7 Å². The van der Waals surface area contributed by atoms with Crippen molar-refractivity contribution in [1.29, 1.82) is 0 Å². The van der Waals surface area contributed by atoms with Crippen molar-refractivity contribution in [2.45, 2.75) is 32.7 Å². The molecule has 1 heterocycles. The van der Waals surface area contributed by atoms with Gasteiger partial charge in [-0.1, -0.05) is 6.07 Å². The van der Waals surface area contributed by atoms with Crippen molar-refractivity contribution >= 4 is 22.9 Å². The second kappa shape index (κ2) is 4.94. The molecule has 4 heteroatoms. The quantitative estimate of drug-likeness (QED) is 0.832. The fourth-order valence-corrected chi connectivity index (χ4v) is 3.64. The second-order valence-corrected chi connectivity index (χ2v) is 6.63. The molecule has 1 aromatic carbocycles. The molecule has 0 fully saturated rings. The Kier molecular flexibility index (Phi) is 3.26. The zero-order valence-electron chi connectivity index (χ0n) is 11.7. The van der Waals surface area contributed by atoms with E-state index in [-0.39, 0.29) is 11.9 Å². The van der Waals surface area contributed by atoms with Gasteiger partial charge in [-0.15, -0.1) is 11.3 Å². The van der Waals surface area contributed by atoms with Crippen LogP contribution in [0, 0.1) is 13.8 Å². The number of nitrogens with two attached hydrogens (primary N) is 1. The Balaban J connectivity index is 1.78. The average molecular weight is 286 g/mol. The van der Waals surface area contributed by atoms with Gasteiger partial charge in [-0.25, -0.2) is 0 Å². The summed E-state index contributed by atoms with van der Waals surface area (Å²) >= 11 is 1.56. The molecule has 1 amide bonds. The summed E-state index contributed by atoms with van der Waals surface area (Å²) < 4.78 is 0. The number of fused-ring (bicyclic) bond motifs is 1. The number of carbonyl (C=O) groups excluding carboxylic acids is 1. The maximum absolute atomic E-state index is 12.3. The smallest absolute Gasteiger partial charge is 0.261 e. The van der Waals surface area contributed by atoms with E-state index >= 15 is 0 Å². The predicted octanol–water partition coefficient (Wildman–Crippen LogP) is 3.36. The topological polar surface area (TPSA) is 55.1 Å². The summed E-state index contributed by atoms with van der Waals surface area (Å²) in [5.41, 5.74) is 10.2. The van der Waals surface area contributed by atoms with Crippen molar-refractivity contribution < 1.29 is 4.79 Å². The van der Waals surface area contributed by atoms with Crippen LogP contribution in [0.2, 0.25) is 0 Å². The van der Waals surface area contributed by atoms with Gasteiger partial charge < -0.3 is 11.1 Å². The Labute approximate surface area is 122 Å². The molecular weight excluding hydrogens is 268 g/mol. The first kappa shape index (κ1) is 13.2. The van der Waals surface area contributed by atoms with Gasteiger partial charge in [0.1, 0.15) is 0 Å². The van der Waals surface area contributed by atoms with Crippen LogP contribution in [0.5, 0.6) is 0 Å². The molecule has 1 aromatic heterocycles. The third-order valence-corrected chi connectivity index (χ3v) is 5.09. The molecule has 20 heavy (non-hydrogen) atoms. The van der Waals surface area contributed by atoms with Crippen molar-refractivity contribution in [2.75, 3.05) is 5.73 Å². The predicted molar refractivity (Wildman–Crippen MR) is 83.2 cm³/mol. The highest BCUT2D eigenvalue weighted by atomic mass is 32.1. The van der Waals surface area contributed by atoms with Gasteiger partial charge in [0.25, 0.3) is 5.91 Å². The molecule has 0 saturated carbocycles. The summed E-state index contributed by atoms with van der Waals surface area (Å²) in [6.07, 6.45) is 1.93. The summed E-state index contributed by atoms with van der Waals surface area (Å²) in [6, 6.07) is 8.03. The normalized spacial score (nSPS) is 17.0. The van der Waals surface area contributed by atoms with Gasteiger partial charge in [0, 0.05) is 10.6 Å². The lowest BCUT2D eigenvalue weighted by Crippen LogP contribution is -2.26. The minimum atomic E-state index is 0.0286. The number of carbonyl (C=O) groups is 1. The van der Waals surface area contributed by atoms with E-state index in [2.05, 4.69) is 5.32 Å². The van der Waals surface area contributed by atoms with Crippen LogP contribution in [-0.2, 0) is 6.42 Å². The number of benzene rings is 1. The lowest BCUT2D eigenvalue weighted by atomic mass is 10.1. The zero-order valence-corrected chi connectivity index (χ0v) is 12.5. The molecule has 0 bridgehead atoms. The van der Waals surface area contributed by atoms with Gasteiger partial charge >= 0.3 is 0 Å². The molecule has 0 aliphatic heterocycles. The van der Waals surface area contributed by atoms with E-state index in [1.165, 1.54) is 21.6 Å². The molecule has 3 nitrogen and oxygen atoms in total. The number of nitrogen functional groups attached to an aromatic ring is 1. The SMILES string of the molecule is Cc1cc(C(=O)NC2CCc3cc(N)ccc32)sc1C. The molecule has 1 unspecified atom stereocenters. The van der Waals surface area contributed by atoms with Crippen LogP contribution in [-0.4, -0.2) is 5.91 Å². The number of nitrogens with one attached hydrogen (secondary N) is 1. The molecule has 2 aromatic rings. The van der Waals surface area contributed by atoms with Crippen molar-refractivity contribution in [3.8, 4) is 0 Å². The molecule has 1 aliphatic carbocycles. The summed E-state index contributed by atoms with van der Waals surface area (Å²) in [5.74, 6) is 0.0286. The first-order valence-electron chi connectivity index (χ1n) is 6.81. The first-order valence-corrected chi connectivity index (χ1v) is 7.62. The molecular formula is C16H18N2OS. The largest absolute Gasteiger partial charge is 0.399 e. The minimum absolute atomic E-state index is 0.0286. The molecule has 104 valence electrons. The Morgan fingerprint density at radius 2 is 2.15 bits per heavy atom. The van der Waals surface area contributed by atoms with Crippen molar-refractivity contribution in [1.82, 2.24) is 5.32 Å². The summed E-state index contributed by atoms with van der Waals surface area (Å²) in [6.45, 7) is 4.08. The van der Waals surface area contributed by atoms with E-state index < -0.39 is 0 Å². The number of hydrogen-bond donors (Lipinski definition) is 2.